The van der Waals surface area contributed by atoms with E-state index in [-0.39, 0.29) is 6.54 Å². The number of nitrogens with zero attached hydrogens (tertiary/aromatic N) is 1. The summed E-state index contributed by atoms with van der Waals surface area (Å²) in [6.07, 6.45) is -1.56. The lowest BCUT2D eigenvalue weighted by molar-refractivity contribution is -0.000233. The van der Waals surface area contributed by atoms with Gasteiger partial charge in [0.25, 0.3) is 0 Å². The Hall–Kier alpha value is -1.27. The van der Waals surface area contributed by atoms with Crippen molar-refractivity contribution in [3.63, 3.8) is 0 Å². The summed E-state index contributed by atoms with van der Waals surface area (Å²) in [4.78, 5) is 25.7. The maximum atomic E-state index is 12.4. The highest BCUT2D eigenvalue weighted by atomic mass is 79.9. The third kappa shape index (κ3) is 7.09. The number of hydrogen-bond donors (Lipinski definition) is 0. The van der Waals surface area contributed by atoms with Crippen molar-refractivity contribution in [3.8, 4) is 0 Å². The Balaban J connectivity index is 3.08. The number of imide groups is 1. The number of hydrogen-bond acceptors (Lipinski definition) is 4. The van der Waals surface area contributed by atoms with Crippen LogP contribution in [0.5, 0.6) is 0 Å². The normalized spacial score (nSPS) is 11.8. The molecule has 0 fully saturated rings. The fraction of sp³-hybridized carbons (Fsp3) is 0.529. The molecule has 0 aromatic heterocycles. The molecule has 2 amide bonds. The number of carbonyl (C=O) groups is 2. The molecule has 0 aliphatic rings. The van der Waals surface area contributed by atoms with E-state index in [9.17, 15) is 9.59 Å². The molecule has 0 saturated heterocycles. The molecule has 0 spiro atoms. The molecule has 5 nitrogen and oxygen atoms in total. The first-order valence-corrected chi connectivity index (χ1v) is 8.63. The molecule has 0 aliphatic carbocycles. The fourth-order valence-electron chi connectivity index (χ4n) is 1.66. The minimum absolute atomic E-state index is 0.0457. The van der Waals surface area contributed by atoms with E-state index in [0.717, 1.165) is 9.37 Å². The second-order valence-electron chi connectivity index (χ2n) is 7.28. The second-order valence-corrected chi connectivity index (χ2v) is 8.61. The van der Waals surface area contributed by atoms with Crippen molar-refractivity contribution in [2.75, 3.05) is 0 Å². The summed E-state index contributed by atoms with van der Waals surface area (Å²) >= 11 is 9.51. The number of ether oxygens (including phenoxy) is 2. The van der Waals surface area contributed by atoms with Crippen molar-refractivity contribution in [2.45, 2.75) is 59.3 Å². The number of amides is 2. The molecule has 24 heavy (non-hydrogen) atoms. The van der Waals surface area contributed by atoms with Crippen molar-refractivity contribution in [2.24, 2.45) is 0 Å². The molecule has 0 atom stereocenters. The van der Waals surface area contributed by atoms with Crippen molar-refractivity contribution in [1.82, 2.24) is 4.90 Å². The van der Waals surface area contributed by atoms with E-state index in [2.05, 4.69) is 15.9 Å². The molecule has 1 aromatic carbocycles. The number of halogens is 2. The first-order valence-electron chi connectivity index (χ1n) is 7.46. The van der Waals surface area contributed by atoms with E-state index in [1.165, 1.54) is 0 Å². The number of carbonyl (C=O) groups excluding carboxylic acids is 2. The zero-order valence-electron chi connectivity index (χ0n) is 14.8. The van der Waals surface area contributed by atoms with Crippen LogP contribution in [0.1, 0.15) is 47.1 Å². The zero-order valence-corrected chi connectivity index (χ0v) is 17.1. The van der Waals surface area contributed by atoms with Crippen LogP contribution in [0.25, 0.3) is 0 Å². The third-order valence-corrected chi connectivity index (χ3v) is 3.42. The van der Waals surface area contributed by atoms with Crippen LogP contribution in [0.3, 0.4) is 0 Å². The lowest BCUT2D eigenvalue weighted by Crippen LogP contribution is -2.43. The molecule has 7 heteroatoms. The average molecular weight is 421 g/mol. The van der Waals surface area contributed by atoms with Gasteiger partial charge in [-0.25, -0.2) is 14.5 Å². The maximum absolute atomic E-state index is 12.4. The highest BCUT2D eigenvalue weighted by molar-refractivity contribution is 9.10. The average Bonchev–Trinajstić information content (AvgIpc) is 2.33. The predicted octanol–water partition coefficient (Wildman–Crippen LogP) is 5.77. The molecule has 0 N–H and O–H groups in total. The van der Waals surface area contributed by atoms with Gasteiger partial charge in [0, 0.05) is 9.50 Å². The minimum Gasteiger partial charge on any atom is -0.443 e. The van der Waals surface area contributed by atoms with Crippen molar-refractivity contribution >= 4 is 39.7 Å². The largest absolute Gasteiger partial charge is 0.443 e. The summed E-state index contributed by atoms with van der Waals surface area (Å²) < 4.78 is 11.4. The highest BCUT2D eigenvalue weighted by Gasteiger charge is 2.31. The first kappa shape index (κ1) is 20.8. The molecule has 1 aromatic rings. The van der Waals surface area contributed by atoms with Gasteiger partial charge in [-0.2, -0.15) is 0 Å². The van der Waals surface area contributed by atoms with Gasteiger partial charge in [0.05, 0.1) is 6.54 Å². The van der Waals surface area contributed by atoms with E-state index in [1.54, 1.807) is 59.7 Å². The highest BCUT2D eigenvalue weighted by Crippen LogP contribution is 2.24. The molecule has 0 saturated carbocycles. The topological polar surface area (TPSA) is 55.8 Å². The van der Waals surface area contributed by atoms with Gasteiger partial charge in [-0.1, -0.05) is 33.6 Å². The molecular weight excluding hydrogens is 398 g/mol. The number of rotatable bonds is 2. The van der Waals surface area contributed by atoms with Crippen molar-refractivity contribution in [1.29, 1.82) is 0 Å². The summed E-state index contributed by atoms with van der Waals surface area (Å²) in [5, 5.41) is 0.432. The van der Waals surface area contributed by atoms with Crippen LogP contribution >= 0.6 is 27.5 Å². The van der Waals surface area contributed by atoms with Crippen LogP contribution in [-0.4, -0.2) is 28.3 Å². The SMILES string of the molecule is CC(C)(C)OC(=O)N(Cc1ccc(Br)cc1Cl)C(=O)OC(C)(C)C. The van der Waals surface area contributed by atoms with Gasteiger partial charge in [-0.15, -0.1) is 0 Å². The second kappa shape index (κ2) is 7.74. The van der Waals surface area contributed by atoms with Crippen LogP contribution in [0.4, 0.5) is 9.59 Å². The molecule has 0 bridgehead atoms. The smallest absolute Gasteiger partial charge is 0.420 e. The minimum atomic E-state index is -0.782. The van der Waals surface area contributed by atoms with Gasteiger partial charge in [-0.3, -0.25) is 0 Å². The van der Waals surface area contributed by atoms with Gasteiger partial charge in [0.2, 0.25) is 0 Å². The predicted molar refractivity (Wildman–Crippen MR) is 97.2 cm³/mol. The fourth-order valence-corrected chi connectivity index (χ4v) is 2.39. The summed E-state index contributed by atoms with van der Waals surface area (Å²) in [5.74, 6) is 0. The molecule has 0 unspecified atom stereocenters. The van der Waals surface area contributed by atoms with Gasteiger partial charge in [-0.05, 0) is 59.2 Å². The Kier molecular flexibility index (Phi) is 6.70. The monoisotopic (exact) mass is 419 g/mol. The van der Waals surface area contributed by atoms with Gasteiger partial charge in [0.15, 0.2) is 0 Å². The van der Waals surface area contributed by atoms with E-state index < -0.39 is 23.4 Å². The Labute approximate surface area is 156 Å². The van der Waals surface area contributed by atoms with Crippen LogP contribution in [0.15, 0.2) is 22.7 Å². The molecule has 1 rings (SSSR count). The Bertz CT molecular complexity index is 592. The van der Waals surface area contributed by atoms with Crippen molar-refractivity contribution < 1.29 is 19.1 Å². The molecule has 0 heterocycles. The van der Waals surface area contributed by atoms with E-state index >= 15 is 0 Å². The van der Waals surface area contributed by atoms with E-state index in [4.69, 9.17) is 21.1 Å². The summed E-state index contributed by atoms with van der Waals surface area (Å²) in [6.45, 7) is 10.3. The molecule has 0 radical (unpaired) electrons. The summed E-state index contributed by atoms with van der Waals surface area (Å²) in [6, 6.07) is 5.21. The van der Waals surface area contributed by atoms with Crippen LogP contribution in [0, 0.1) is 0 Å². The maximum Gasteiger partial charge on any atom is 0.420 e. The van der Waals surface area contributed by atoms with Crippen LogP contribution in [0.2, 0.25) is 5.02 Å². The molecular formula is C17H23BrClNO4. The standard InChI is InChI=1S/C17H23BrClNO4/c1-16(2,3)23-14(21)20(15(22)24-17(4,5)6)10-11-7-8-12(18)9-13(11)19/h7-9H,10H2,1-6H3. The summed E-state index contributed by atoms with van der Waals surface area (Å²) in [5.41, 5.74) is -0.863. The van der Waals surface area contributed by atoms with Gasteiger partial charge < -0.3 is 9.47 Å². The Morgan fingerprint density at radius 2 is 1.50 bits per heavy atom. The Morgan fingerprint density at radius 1 is 1.04 bits per heavy atom. The quantitative estimate of drug-likeness (QED) is 0.609. The van der Waals surface area contributed by atoms with Crippen LogP contribution < -0.4 is 0 Å². The number of benzene rings is 1. The van der Waals surface area contributed by atoms with Gasteiger partial charge >= 0.3 is 12.2 Å². The van der Waals surface area contributed by atoms with Gasteiger partial charge in [0.1, 0.15) is 11.2 Å². The lowest BCUT2D eigenvalue weighted by Gasteiger charge is -2.28. The molecule has 0 aliphatic heterocycles. The van der Waals surface area contributed by atoms with E-state index in [1.807, 2.05) is 0 Å². The van der Waals surface area contributed by atoms with Crippen LogP contribution in [-0.2, 0) is 16.0 Å². The molecule has 134 valence electrons. The first-order chi connectivity index (χ1) is 10.8. The van der Waals surface area contributed by atoms with Crippen molar-refractivity contribution in [3.05, 3.63) is 33.3 Å². The zero-order chi connectivity index (χ0) is 18.7. The lowest BCUT2D eigenvalue weighted by atomic mass is 10.2. The van der Waals surface area contributed by atoms with E-state index in [0.29, 0.717) is 10.6 Å². The Morgan fingerprint density at radius 3 is 1.88 bits per heavy atom. The summed E-state index contributed by atoms with van der Waals surface area (Å²) in [7, 11) is 0. The third-order valence-electron chi connectivity index (χ3n) is 2.57.